The van der Waals surface area contributed by atoms with E-state index in [-0.39, 0.29) is 6.10 Å². The Labute approximate surface area is 99.8 Å². The second-order valence-corrected chi connectivity index (χ2v) is 4.18. The average Bonchev–Trinajstić information content (AvgIpc) is 2.96. The fourth-order valence-corrected chi connectivity index (χ4v) is 2.16. The van der Waals surface area contributed by atoms with E-state index in [9.17, 15) is 0 Å². The average molecular weight is 230 g/mol. The lowest BCUT2D eigenvalue weighted by Crippen LogP contribution is -2.19. The van der Waals surface area contributed by atoms with Crippen LogP contribution in [0.1, 0.15) is 5.56 Å². The third kappa shape index (κ3) is 1.98. The molecule has 1 aliphatic heterocycles. The van der Waals surface area contributed by atoms with E-state index in [4.69, 9.17) is 9.47 Å². The summed E-state index contributed by atoms with van der Waals surface area (Å²) in [5.74, 6) is 1.85. The van der Waals surface area contributed by atoms with Gasteiger partial charge in [-0.25, -0.2) is 4.98 Å². The summed E-state index contributed by atoms with van der Waals surface area (Å²) < 4.78 is 13.1. The van der Waals surface area contributed by atoms with Crippen molar-refractivity contribution < 1.29 is 9.47 Å². The Kier molecular flexibility index (Phi) is 2.48. The first kappa shape index (κ1) is 10.2. The molecule has 0 spiro atoms. The van der Waals surface area contributed by atoms with Gasteiger partial charge in [-0.05, 0) is 18.2 Å². The van der Waals surface area contributed by atoms with Crippen LogP contribution in [0, 0.1) is 0 Å². The van der Waals surface area contributed by atoms with E-state index in [1.165, 1.54) is 5.56 Å². The molecule has 4 nitrogen and oxygen atoms in total. The van der Waals surface area contributed by atoms with E-state index in [0.717, 1.165) is 24.5 Å². The van der Waals surface area contributed by atoms with Gasteiger partial charge in [0.2, 0.25) is 0 Å². The summed E-state index contributed by atoms with van der Waals surface area (Å²) in [5, 5.41) is 0. The van der Waals surface area contributed by atoms with Crippen LogP contribution in [-0.2, 0) is 13.0 Å². The van der Waals surface area contributed by atoms with Crippen molar-refractivity contribution in [2.24, 2.45) is 0 Å². The normalized spacial score (nSPS) is 17.6. The summed E-state index contributed by atoms with van der Waals surface area (Å²) in [5.41, 5.74) is 1.22. The van der Waals surface area contributed by atoms with Crippen LogP contribution in [0.2, 0.25) is 0 Å². The molecule has 2 aromatic rings. The molecule has 1 aromatic carbocycles. The topological polar surface area (TPSA) is 36.3 Å². The van der Waals surface area contributed by atoms with E-state index >= 15 is 0 Å². The van der Waals surface area contributed by atoms with Crippen molar-refractivity contribution >= 4 is 0 Å². The van der Waals surface area contributed by atoms with Crippen molar-refractivity contribution in [1.82, 2.24) is 9.55 Å². The molecule has 2 heterocycles. The number of hydrogen-bond donors (Lipinski definition) is 0. The number of ether oxygens (including phenoxy) is 2. The summed E-state index contributed by atoms with van der Waals surface area (Å²) in [4.78, 5) is 4.03. The fourth-order valence-electron chi connectivity index (χ4n) is 2.16. The zero-order valence-corrected chi connectivity index (χ0v) is 9.67. The van der Waals surface area contributed by atoms with Gasteiger partial charge >= 0.3 is 0 Å². The molecule has 0 aliphatic carbocycles. The van der Waals surface area contributed by atoms with Crippen LogP contribution < -0.4 is 9.47 Å². The zero-order chi connectivity index (χ0) is 11.7. The number of imidazole rings is 1. The molecule has 0 saturated carbocycles. The van der Waals surface area contributed by atoms with Crippen LogP contribution >= 0.6 is 0 Å². The van der Waals surface area contributed by atoms with Gasteiger partial charge in [0.1, 0.15) is 17.6 Å². The molecule has 3 rings (SSSR count). The van der Waals surface area contributed by atoms with Gasteiger partial charge in [0.25, 0.3) is 0 Å². The highest BCUT2D eigenvalue weighted by molar-refractivity contribution is 5.43. The van der Waals surface area contributed by atoms with Crippen LogP contribution in [-0.4, -0.2) is 22.8 Å². The van der Waals surface area contributed by atoms with Crippen LogP contribution in [0.5, 0.6) is 11.5 Å². The SMILES string of the molecule is COc1ccc2c(c1)CC(Cn1ccnc1)O2. The molecule has 0 amide bonds. The molecule has 1 unspecified atom stereocenters. The third-order valence-corrected chi connectivity index (χ3v) is 2.98. The maximum Gasteiger partial charge on any atom is 0.123 e. The van der Waals surface area contributed by atoms with Gasteiger partial charge in [-0.2, -0.15) is 0 Å². The number of benzene rings is 1. The maximum atomic E-state index is 5.88. The predicted molar refractivity (Wildman–Crippen MR) is 63.3 cm³/mol. The number of nitrogens with zero attached hydrogens (tertiary/aromatic N) is 2. The smallest absolute Gasteiger partial charge is 0.123 e. The van der Waals surface area contributed by atoms with Crippen molar-refractivity contribution in [1.29, 1.82) is 0 Å². The molecule has 0 bridgehead atoms. The van der Waals surface area contributed by atoms with E-state index in [1.807, 2.05) is 35.3 Å². The molecule has 1 aromatic heterocycles. The summed E-state index contributed by atoms with van der Waals surface area (Å²) in [6, 6.07) is 5.95. The number of hydrogen-bond acceptors (Lipinski definition) is 3. The molecule has 1 aliphatic rings. The first-order chi connectivity index (χ1) is 8.35. The van der Waals surface area contributed by atoms with Crippen molar-refractivity contribution in [3.05, 3.63) is 42.5 Å². The maximum absolute atomic E-state index is 5.88. The van der Waals surface area contributed by atoms with Crippen molar-refractivity contribution in [2.75, 3.05) is 7.11 Å². The lowest BCUT2D eigenvalue weighted by molar-refractivity contribution is 0.209. The molecular formula is C13H14N2O2. The largest absolute Gasteiger partial charge is 0.497 e. The van der Waals surface area contributed by atoms with E-state index in [0.29, 0.717) is 0 Å². The van der Waals surface area contributed by atoms with Gasteiger partial charge in [0.05, 0.1) is 20.0 Å². The fraction of sp³-hybridized carbons (Fsp3) is 0.308. The van der Waals surface area contributed by atoms with E-state index in [1.54, 1.807) is 13.3 Å². The summed E-state index contributed by atoms with van der Waals surface area (Å²) in [6.45, 7) is 0.830. The molecule has 4 heteroatoms. The molecule has 88 valence electrons. The summed E-state index contributed by atoms with van der Waals surface area (Å²) in [7, 11) is 1.68. The number of methoxy groups -OCH3 is 1. The zero-order valence-electron chi connectivity index (χ0n) is 9.67. The van der Waals surface area contributed by atoms with E-state index in [2.05, 4.69) is 4.98 Å². The second-order valence-electron chi connectivity index (χ2n) is 4.18. The standard InChI is InChI=1S/C13H14N2O2/c1-16-11-2-3-13-10(6-11)7-12(17-13)8-15-5-4-14-9-15/h2-6,9,12H,7-8H2,1H3. The number of aromatic nitrogens is 2. The Morgan fingerprint density at radius 1 is 1.53 bits per heavy atom. The Hall–Kier alpha value is -1.97. The highest BCUT2D eigenvalue weighted by Gasteiger charge is 2.23. The first-order valence-electron chi connectivity index (χ1n) is 5.64. The van der Waals surface area contributed by atoms with Gasteiger partial charge in [-0.1, -0.05) is 0 Å². The Morgan fingerprint density at radius 2 is 2.47 bits per heavy atom. The van der Waals surface area contributed by atoms with Crippen molar-refractivity contribution in [3.63, 3.8) is 0 Å². The van der Waals surface area contributed by atoms with Crippen molar-refractivity contribution in [3.8, 4) is 11.5 Å². The first-order valence-corrected chi connectivity index (χ1v) is 5.64. The van der Waals surface area contributed by atoms with Gasteiger partial charge in [0.15, 0.2) is 0 Å². The molecule has 0 fully saturated rings. The van der Waals surface area contributed by atoms with Gasteiger partial charge < -0.3 is 14.0 Å². The molecule has 17 heavy (non-hydrogen) atoms. The highest BCUT2D eigenvalue weighted by Crippen LogP contribution is 2.32. The Bertz CT molecular complexity index is 508. The molecule has 0 saturated heterocycles. The van der Waals surface area contributed by atoms with Crippen LogP contribution in [0.15, 0.2) is 36.9 Å². The highest BCUT2D eigenvalue weighted by atomic mass is 16.5. The minimum Gasteiger partial charge on any atom is -0.497 e. The van der Waals surface area contributed by atoms with Gasteiger partial charge in [-0.3, -0.25) is 0 Å². The Balaban J connectivity index is 1.74. The molecule has 0 radical (unpaired) electrons. The summed E-state index contributed by atoms with van der Waals surface area (Å²) in [6.07, 6.45) is 6.65. The number of fused-ring (bicyclic) bond motifs is 1. The molecular weight excluding hydrogens is 216 g/mol. The van der Waals surface area contributed by atoms with Crippen LogP contribution in [0.25, 0.3) is 0 Å². The minimum absolute atomic E-state index is 0.186. The quantitative estimate of drug-likeness (QED) is 0.808. The molecule has 1 atom stereocenters. The van der Waals surface area contributed by atoms with Crippen LogP contribution in [0.3, 0.4) is 0 Å². The monoisotopic (exact) mass is 230 g/mol. The lowest BCUT2D eigenvalue weighted by Gasteiger charge is -2.10. The summed E-state index contributed by atoms with van der Waals surface area (Å²) >= 11 is 0. The van der Waals surface area contributed by atoms with E-state index < -0.39 is 0 Å². The molecule has 0 N–H and O–H groups in total. The minimum atomic E-state index is 0.186. The lowest BCUT2D eigenvalue weighted by atomic mass is 10.1. The third-order valence-electron chi connectivity index (χ3n) is 2.98. The van der Waals surface area contributed by atoms with Gasteiger partial charge in [0, 0.05) is 24.4 Å². The Morgan fingerprint density at radius 3 is 3.24 bits per heavy atom. The van der Waals surface area contributed by atoms with Crippen LogP contribution in [0.4, 0.5) is 0 Å². The predicted octanol–water partition coefficient (Wildman–Crippen LogP) is 1.90. The van der Waals surface area contributed by atoms with Crippen molar-refractivity contribution in [2.45, 2.75) is 19.1 Å². The second kappa shape index (κ2) is 4.13. The van der Waals surface area contributed by atoms with Gasteiger partial charge in [-0.15, -0.1) is 0 Å². The number of rotatable bonds is 3.